The third kappa shape index (κ3) is 2.89. The van der Waals surface area contributed by atoms with Gasteiger partial charge in [-0.15, -0.1) is 11.8 Å². The molecule has 0 aliphatic heterocycles. The molecule has 0 unspecified atom stereocenters. The third-order valence-electron chi connectivity index (χ3n) is 1.94. The van der Waals surface area contributed by atoms with Gasteiger partial charge in [0.15, 0.2) is 0 Å². The molecule has 0 heterocycles. The Morgan fingerprint density at radius 3 is 2.67 bits per heavy atom. The number of nitrogen functional groups attached to an aromatic ring is 1. The zero-order valence-corrected chi connectivity index (χ0v) is 10.1. The van der Waals surface area contributed by atoms with E-state index in [-0.39, 0.29) is 5.91 Å². The van der Waals surface area contributed by atoms with Crippen LogP contribution in [0.15, 0.2) is 23.1 Å². The number of hydrogen-bond donors (Lipinski definition) is 1. The lowest BCUT2D eigenvalue weighted by Gasteiger charge is -2.13. The summed E-state index contributed by atoms with van der Waals surface area (Å²) in [6.45, 7) is 2.05. The van der Waals surface area contributed by atoms with Crippen molar-refractivity contribution in [2.45, 2.75) is 11.8 Å². The zero-order chi connectivity index (χ0) is 11.4. The van der Waals surface area contributed by atoms with Gasteiger partial charge in [-0.1, -0.05) is 6.92 Å². The summed E-state index contributed by atoms with van der Waals surface area (Å²) in [5.41, 5.74) is 7.11. The van der Waals surface area contributed by atoms with Crippen molar-refractivity contribution in [1.82, 2.24) is 4.90 Å². The Balaban J connectivity index is 3.10. The summed E-state index contributed by atoms with van der Waals surface area (Å²) in [5, 5.41) is 0. The fourth-order valence-corrected chi connectivity index (χ4v) is 2.07. The number of carbonyl (C=O) groups excluding carboxylic acids is 1. The van der Waals surface area contributed by atoms with Crippen molar-refractivity contribution >= 4 is 23.4 Å². The highest BCUT2D eigenvalue weighted by atomic mass is 32.2. The second kappa shape index (κ2) is 5.07. The minimum atomic E-state index is 0.0194. The van der Waals surface area contributed by atoms with E-state index in [9.17, 15) is 4.79 Å². The molecule has 2 N–H and O–H groups in total. The highest BCUT2D eigenvalue weighted by Crippen LogP contribution is 2.25. The standard InChI is InChI=1S/C11H16N2OS/c1-4-15-10-7-8(12)5-6-9(10)11(14)13(2)3/h5-7H,4,12H2,1-3H3. The Labute approximate surface area is 94.6 Å². The largest absolute Gasteiger partial charge is 0.399 e. The first-order valence-electron chi connectivity index (χ1n) is 4.80. The minimum Gasteiger partial charge on any atom is -0.399 e. The van der Waals surface area contributed by atoms with Crippen LogP contribution in [0.4, 0.5) is 5.69 Å². The molecule has 0 saturated carbocycles. The van der Waals surface area contributed by atoms with Gasteiger partial charge in [-0.25, -0.2) is 0 Å². The van der Waals surface area contributed by atoms with Crippen LogP contribution in [0.25, 0.3) is 0 Å². The molecule has 15 heavy (non-hydrogen) atoms. The predicted octanol–water partition coefficient (Wildman–Crippen LogP) is 2.08. The van der Waals surface area contributed by atoms with E-state index in [2.05, 4.69) is 6.92 Å². The second-order valence-electron chi connectivity index (χ2n) is 3.39. The third-order valence-corrected chi connectivity index (χ3v) is 2.88. The number of amides is 1. The lowest BCUT2D eigenvalue weighted by Crippen LogP contribution is -2.22. The van der Waals surface area contributed by atoms with Crippen LogP contribution in [-0.2, 0) is 0 Å². The number of nitrogens with two attached hydrogens (primary N) is 1. The molecule has 4 heteroatoms. The van der Waals surface area contributed by atoms with Crippen molar-refractivity contribution in [3.05, 3.63) is 23.8 Å². The molecular formula is C11H16N2OS. The van der Waals surface area contributed by atoms with E-state index < -0.39 is 0 Å². The maximum atomic E-state index is 11.8. The van der Waals surface area contributed by atoms with Crippen LogP contribution in [0, 0.1) is 0 Å². The molecule has 1 amide bonds. The molecule has 0 aliphatic rings. The Hall–Kier alpha value is -1.16. The van der Waals surface area contributed by atoms with E-state index in [1.54, 1.807) is 42.9 Å². The summed E-state index contributed by atoms with van der Waals surface area (Å²) in [5.74, 6) is 0.947. The van der Waals surface area contributed by atoms with Gasteiger partial charge >= 0.3 is 0 Å². The van der Waals surface area contributed by atoms with Crippen LogP contribution in [0.1, 0.15) is 17.3 Å². The quantitative estimate of drug-likeness (QED) is 0.631. The van der Waals surface area contributed by atoms with Crippen molar-refractivity contribution in [2.75, 3.05) is 25.6 Å². The minimum absolute atomic E-state index is 0.0194. The fourth-order valence-electron chi connectivity index (χ4n) is 1.23. The highest BCUT2D eigenvalue weighted by Gasteiger charge is 2.13. The van der Waals surface area contributed by atoms with E-state index in [1.807, 2.05) is 6.07 Å². The monoisotopic (exact) mass is 224 g/mol. The molecule has 0 fully saturated rings. The molecule has 1 aromatic rings. The molecule has 3 nitrogen and oxygen atoms in total. The van der Waals surface area contributed by atoms with Crippen LogP contribution >= 0.6 is 11.8 Å². The van der Waals surface area contributed by atoms with Gasteiger partial charge in [0.25, 0.3) is 5.91 Å². The van der Waals surface area contributed by atoms with E-state index in [0.29, 0.717) is 5.69 Å². The van der Waals surface area contributed by atoms with Gasteiger partial charge in [-0.2, -0.15) is 0 Å². The Morgan fingerprint density at radius 2 is 2.13 bits per heavy atom. The molecule has 0 atom stereocenters. The Bertz CT molecular complexity index is 364. The first-order valence-corrected chi connectivity index (χ1v) is 5.78. The number of thioether (sulfide) groups is 1. The molecule has 0 radical (unpaired) electrons. The summed E-state index contributed by atoms with van der Waals surface area (Å²) in [6.07, 6.45) is 0. The molecule has 82 valence electrons. The summed E-state index contributed by atoms with van der Waals surface area (Å²) in [7, 11) is 3.50. The van der Waals surface area contributed by atoms with Gasteiger partial charge in [-0.3, -0.25) is 4.79 Å². The van der Waals surface area contributed by atoms with Crippen LogP contribution < -0.4 is 5.73 Å². The van der Waals surface area contributed by atoms with Crippen molar-refractivity contribution < 1.29 is 4.79 Å². The average molecular weight is 224 g/mol. The number of nitrogens with zero attached hydrogens (tertiary/aromatic N) is 1. The van der Waals surface area contributed by atoms with Gasteiger partial charge in [0.2, 0.25) is 0 Å². The van der Waals surface area contributed by atoms with Gasteiger partial charge in [0.1, 0.15) is 0 Å². The molecular weight excluding hydrogens is 208 g/mol. The van der Waals surface area contributed by atoms with Crippen LogP contribution in [0.2, 0.25) is 0 Å². The molecule has 0 bridgehead atoms. The topological polar surface area (TPSA) is 46.3 Å². The van der Waals surface area contributed by atoms with Crippen molar-refractivity contribution in [3.63, 3.8) is 0 Å². The first-order chi connectivity index (χ1) is 7.06. The lowest BCUT2D eigenvalue weighted by atomic mass is 10.2. The second-order valence-corrected chi connectivity index (χ2v) is 4.69. The number of anilines is 1. The maximum absolute atomic E-state index is 11.8. The van der Waals surface area contributed by atoms with Crippen molar-refractivity contribution in [1.29, 1.82) is 0 Å². The number of hydrogen-bond acceptors (Lipinski definition) is 3. The summed E-state index contributed by atoms with van der Waals surface area (Å²) in [4.78, 5) is 14.4. The van der Waals surface area contributed by atoms with E-state index >= 15 is 0 Å². The average Bonchev–Trinajstić information content (AvgIpc) is 2.17. The maximum Gasteiger partial charge on any atom is 0.254 e. The van der Waals surface area contributed by atoms with Gasteiger partial charge < -0.3 is 10.6 Å². The SMILES string of the molecule is CCSc1cc(N)ccc1C(=O)N(C)C. The molecule has 0 saturated heterocycles. The zero-order valence-electron chi connectivity index (χ0n) is 9.28. The van der Waals surface area contributed by atoms with Crippen molar-refractivity contribution in [2.24, 2.45) is 0 Å². The van der Waals surface area contributed by atoms with Crippen LogP contribution in [-0.4, -0.2) is 30.7 Å². The normalized spacial score (nSPS) is 10.1. The number of rotatable bonds is 3. The predicted molar refractivity (Wildman–Crippen MR) is 65.3 cm³/mol. The Morgan fingerprint density at radius 1 is 1.47 bits per heavy atom. The molecule has 0 aliphatic carbocycles. The summed E-state index contributed by atoms with van der Waals surface area (Å²) < 4.78 is 0. The van der Waals surface area contributed by atoms with Gasteiger partial charge in [0.05, 0.1) is 5.56 Å². The summed E-state index contributed by atoms with van der Waals surface area (Å²) >= 11 is 1.63. The van der Waals surface area contributed by atoms with E-state index in [0.717, 1.165) is 16.2 Å². The lowest BCUT2D eigenvalue weighted by molar-refractivity contribution is 0.0824. The summed E-state index contributed by atoms with van der Waals surface area (Å²) in [6, 6.07) is 5.40. The first kappa shape index (κ1) is 11.9. The number of carbonyl (C=O) groups is 1. The van der Waals surface area contributed by atoms with E-state index in [1.165, 1.54) is 0 Å². The molecule has 1 aromatic carbocycles. The smallest absolute Gasteiger partial charge is 0.254 e. The highest BCUT2D eigenvalue weighted by molar-refractivity contribution is 7.99. The molecule has 0 spiro atoms. The molecule has 1 rings (SSSR count). The fraction of sp³-hybridized carbons (Fsp3) is 0.364. The van der Waals surface area contributed by atoms with Gasteiger partial charge in [-0.05, 0) is 24.0 Å². The Kier molecular flexibility index (Phi) is 4.03. The van der Waals surface area contributed by atoms with Crippen molar-refractivity contribution in [3.8, 4) is 0 Å². The van der Waals surface area contributed by atoms with Gasteiger partial charge in [0, 0.05) is 24.7 Å². The number of benzene rings is 1. The molecule has 0 aromatic heterocycles. The van der Waals surface area contributed by atoms with E-state index in [4.69, 9.17) is 5.73 Å². The van der Waals surface area contributed by atoms with Crippen LogP contribution in [0.5, 0.6) is 0 Å². The van der Waals surface area contributed by atoms with Crippen LogP contribution in [0.3, 0.4) is 0 Å².